The molecule has 2 rings (SSSR count). The Morgan fingerprint density at radius 1 is 1.05 bits per heavy atom. The van der Waals surface area contributed by atoms with Gasteiger partial charge in [-0.1, -0.05) is 23.8 Å². The number of hydrogen-bond acceptors (Lipinski definition) is 1. The number of aryl methyl sites for hydroxylation is 2. The first-order valence-electron chi connectivity index (χ1n) is 6.27. The van der Waals surface area contributed by atoms with Crippen molar-refractivity contribution in [1.82, 2.24) is 0 Å². The second kappa shape index (κ2) is 5.82. The van der Waals surface area contributed by atoms with Crippen molar-refractivity contribution in [1.29, 1.82) is 0 Å². The molecule has 0 aliphatic heterocycles. The molecule has 1 amide bonds. The number of carbonyl (C=O) groups excluding carboxylic acids is 1. The van der Waals surface area contributed by atoms with Gasteiger partial charge in [0.15, 0.2) is 11.6 Å². The molecule has 2 nitrogen and oxygen atoms in total. The average Bonchev–Trinajstić information content (AvgIpc) is 2.37. The van der Waals surface area contributed by atoms with Crippen LogP contribution in [0, 0.1) is 25.5 Å². The fourth-order valence-corrected chi connectivity index (χ4v) is 2.00. The van der Waals surface area contributed by atoms with Gasteiger partial charge in [-0.15, -0.1) is 0 Å². The van der Waals surface area contributed by atoms with Gasteiger partial charge >= 0.3 is 0 Å². The quantitative estimate of drug-likeness (QED) is 0.907. The first-order chi connectivity index (χ1) is 9.45. The Bertz CT molecular complexity index is 653. The second-order valence-corrected chi connectivity index (χ2v) is 4.78. The van der Waals surface area contributed by atoms with E-state index in [9.17, 15) is 13.6 Å². The molecule has 0 heterocycles. The summed E-state index contributed by atoms with van der Waals surface area (Å²) in [5.74, 6) is -2.17. The van der Waals surface area contributed by atoms with Gasteiger partial charge in [-0.2, -0.15) is 0 Å². The van der Waals surface area contributed by atoms with Gasteiger partial charge in [0.1, 0.15) is 0 Å². The largest absolute Gasteiger partial charge is 0.326 e. The second-order valence-electron chi connectivity index (χ2n) is 4.78. The number of hydrogen-bond donors (Lipinski definition) is 1. The zero-order valence-corrected chi connectivity index (χ0v) is 11.3. The fraction of sp³-hybridized carbons (Fsp3) is 0.188. The monoisotopic (exact) mass is 275 g/mol. The Hall–Kier alpha value is -2.23. The number of benzene rings is 2. The van der Waals surface area contributed by atoms with Crippen LogP contribution in [0.5, 0.6) is 0 Å². The lowest BCUT2D eigenvalue weighted by molar-refractivity contribution is -0.115. The third-order valence-corrected chi connectivity index (χ3v) is 3.05. The van der Waals surface area contributed by atoms with E-state index in [0.29, 0.717) is 0 Å². The van der Waals surface area contributed by atoms with Crippen molar-refractivity contribution in [2.24, 2.45) is 0 Å². The molecule has 20 heavy (non-hydrogen) atoms. The van der Waals surface area contributed by atoms with Crippen LogP contribution in [0.15, 0.2) is 36.4 Å². The Morgan fingerprint density at radius 3 is 2.45 bits per heavy atom. The van der Waals surface area contributed by atoms with Crippen molar-refractivity contribution in [2.75, 3.05) is 5.32 Å². The summed E-state index contributed by atoms with van der Waals surface area (Å²) < 4.78 is 25.8. The minimum atomic E-state index is -0.977. The van der Waals surface area contributed by atoms with Crippen molar-refractivity contribution >= 4 is 11.6 Å². The van der Waals surface area contributed by atoms with Gasteiger partial charge in [0.05, 0.1) is 6.42 Å². The van der Waals surface area contributed by atoms with E-state index >= 15 is 0 Å². The van der Waals surface area contributed by atoms with E-state index < -0.39 is 11.6 Å². The number of halogens is 2. The Kier molecular flexibility index (Phi) is 4.13. The zero-order chi connectivity index (χ0) is 14.7. The molecule has 0 saturated heterocycles. The van der Waals surface area contributed by atoms with Crippen molar-refractivity contribution in [3.8, 4) is 0 Å². The van der Waals surface area contributed by atoms with E-state index in [0.717, 1.165) is 28.8 Å². The molecule has 4 heteroatoms. The first-order valence-corrected chi connectivity index (χ1v) is 6.27. The summed E-state index contributed by atoms with van der Waals surface area (Å²) in [7, 11) is 0. The molecule has 2 aromatic rings. The van der Waals surface area contributed by atoms with E-state index in [2.05, 4.69) is 5.32 Å². The van der Waals surface area contributed by atoms with Gasteiger partial charge in [0, 0.05) is 11.8 Å². The SMILES string of the molecule is Cc1ccc(CC(=O)Nc2ccc(F)c(F)c2)c(C)c1. The standard InChI is InChI=1S/C16H15F2NO/c1-10-3-4-12(11(2)7-10)8-16(20)19-13-5-6-14(17)15(18)9-13/h3-7,9H,8H2,1-2H3,(H,19,20). The minimum absolute atomic E-state index is 0.200. The fourth-order valence-electron chi connectivity index (χ4n) is 2.00. The molecule has 0 spiro atoms. The van der Waals surface area contributed by atoms with Crippen LogP contribution in [0.2, 0.25) is 0 Å². The lowest BCUT2D eigenvalue weighted by Crippen LogP contribution is -2.15. The highest BCUT2D eigenvalue weighted by atomic mass is 19.2. The van der Waals surface area contributed by atoms with Gasteiger partial charge in [-0.05, 0) is 37.1 Å². The number of nitrogens with one attached hydrogen (secondary N) is 1. The van der Waals surface area contributed by atoms with E-state index in [4.69, 9.17) is 0 Å². The third kappa shape index (κ3) is 3.41. The summed E-state index contributed by atoms with van der Waals surface area (Å²) in [6, 6.07) is 9.12. The Labute approximate surface area is 116 Å². The van der Waals surface area contributed by atoms with Gasteiger partial charge in [0.2, 0.25) is 5.91 Å². The summed E-state index contributed by atoms with van der Waals surface area (Å²) in [6.45, 7) is 3.92. The Morgan fingerprint density at radius 2 is 1.80 bits per heavy atom. The molecular weight excluding hydrogens is 260 g/mol. The molecule has 0 bridgehead atoms. The number of amides is 1. The van der Waals surface area contributed by atoms with Gasteiger partial charge in [0.25, 0.3) is 0 Å². The highest BCUT2D eigenvalue weighted by Crippen LogP contribution is 2.15. The lowest BCUT2D eigenvalue weighted by atomic mass is 10.0. The van der Waals surface area contributed by atoms with Gasteiger partial charge in [-0.3, -0.25) is 4.79 Å². The van der Waals surface area contributed by atoms with Crippen LogP contribution in [-0.2, 0) is 11.2 Å². The number of anilines is 1. The Balaban J connectivity index is 2.07. The maximum atomic E-state index is 13.0. The summed E-state index contributed by atoms with van der Waals surface area (Å²) in [6.07, 6.45) is 0.200. The molecular formula is C16H15F2NO. The van der Waals surface area contributed by atoms with Crippen molar-refractivity contribution < 1.29 is 13.6 Å². The predicted octanol–water partition coefficient (Wildman–Crippen LogP) is 3.76. The number of rotatable bonds is 3. The maximum Gasteiger partial charge on any atom is 0.228 e. The molecule has 0 aromatic heterocycles. The van der Waals surface area contributed by atoms with Crippen LogP contribution >= 0.6 is 0 Å². The average molecular weight is 275 g/mol. The summed E-state index contributed by atoms with van der Waals surface area (Å²) >= 11 is 0. The molecule has 0 aliphatic rings. The third-order valence-electron chi connectivity index (χ3n) is 3.05. The highest BCUT2D eigenvalue weighted by molar-refractivity contribution is 5.92. The van der Waals surface area contributed by atoms with Crippen LogP contribution in [-0.4, -0.2) is 5.91 Å². The smallest absolute Gasteiger partial charge is 0.228 e. The molecule has 0 aliphatic carbocycles. The van der Waals surface area contributed by atoms with Crippen molar-refractivity contribution in [3.63, 3.8) is 0 Å². The summed E-state index contributed by atoms with van der Waals surface area (Å²) in [4.78, 5) is 11.9. The van der Waals surface area contributed by atoms with E-state index in [1.54, 1.807) is 0 Å². The lowest BCUT2D eigenvalue weighted by Gasteiger charge is -2.08. The summed E-state index contributed by atoms with van der Waals surface area (Å²) in [5, 5.41) is 2.55. The highest BCUT2D eigenvalue weighted by Gasteiger charge is 2.08. The van der Waals surface area contributed by atoms with Crippen LogP contribution < -0.4 is 5.32 Å². The predicted molar refractivity (Wildman–Crippen MR) is 74.6 cm³/mol. The minimum Gasteiger partial charge on any atom is -0.326 e. The van der Waals surface area contributed by atoms with Crippen molar-refractivity contribution in [3.05, 3.63) is 64.7 Å². The van der Waals surface area contributed by atoms with Gasteiger partial charge in [-0.25, -0.2) is 8.78 Å². The first kappa shape index (κ1) is 14.2. The molecule has 0 atom stereocenters. The van der Waals surface area contributed by atoms with Crippen LogP contribution in [0.1, 0.15) is 16.7 Å². The maximum absolute atomic E-state index is 13.0. The van der Waals surface area contributed by atoms with E-state index in [1.165, 1.54) is 6.07 Å². The molecule has 0 radical (unpaired) electrons. The van der Waals surface area contributed by atoms with E-state index in [1.807, 2.05) is 32.0 Å². The van der Waals surface area contributed by atoms with Crippen molar-refractivity contribution in [2.45, 2.75) is 20.3 Å². The normalized spacial score (nSPS) is 10.4. The van der Waals surface area contributed by atoms with E-state index in [-0.39, 0.29) is 18.0 Å². The molecule has 2 aromatic carbocycles. The molecule has 1 N–H and O–H groups in total. The molecule has 104 valence electrons. The van der Waals surface area contributed by atoms with Gasteiger partial charge < -0.3 is 5.32 Å². The van der Waals surface area contributed by atoms with Crippen LogP contribution in [0.4, 0.5) is 14.5 Å². The molecule has 0 unspecified atom stereocenters. The summed E-state index contributed by atoms with van der Waals surface area (Å²) in [5.41, 5.74) is 3.33. The topological polar surface area (TPSA) is 29.1 Å². The van der Waals surface area contributed by atoms with Crippen LogP contribution in [0.3, 0.4) is 0 Å². The van der Waals surface area contributed by atoms with Crippen LogP contribution in [0.25, 0.3) is 0 Å². The molecule has 0 fully saturated rings. The number of carbonyl (C=O) groups is 1. The molecule has 0 saturated carbocycles. The zero-order valence-electron chi connectivity index (χ0n) is 11.3.